The van der Waals surface area contributed by atoms with Crippen molar-refractivity contribution in [2.75, 3.05) is 20.8 Å². The van der Waals surface area contributed by atoms with Crippen LogP contribution in [0.4, 0.5) is 0 Å². The normalized spacial score (nSPS) is 15.5. The van der Waals surface area contributed by atoms with Gasteiger partial charge in [-0.05, 0) is 71.2 Å². The van der Waals surface area contributed by atoms with Crippen molar-refractivity contribution in [1.82, 2.24) is 4.57 Å². The van der Waals surface area contributed by atoms with Gasteiger partial charge in [0.15, 0.2) is 16.3 Å². The van der Waals surface area contributed by atoms with E-state index in [-0.39, 0.29) is 23.5 Å². The number of nitrogens with zero attached hydrogens (tertiary/aromatic N) is 2. The number of aromatic hydroxyl groups is 1. The summed E-state index contributed by atoms with van der Waals surface area (Å²) in [7, 11) is 3.06. The van der Waals surface area contributed by atoms with Gasteiger partial charge < -0.3 is 19.3 Å². The molecule has 1 unspecified atom stereocenters. The minimum absolute atomic E-state index is 0.103. The first-order valence-electron chi connectivity index (χ1n) is 10.7. The Morgan fingerprint density at radius 1 is 1.20 bits per heavy atom. The molecule has 0 bridgehead atoms. The van der Waals surface area contributed by atoms with Crippen molar-refractivity contribution in [1.29, 1.82) is 0 Å². The third-order valence-electron chi connectivity index (χ3n) is 5.51. The van der Waals surface area contributed by atoms with Crippen LogP contribution in [0.1, 0.15) is 31.0 Å². The first-order chi connectivity index (χ1) is 16.8. The quantitative estimate of drug-likeness (QED) is 0.466. The molecule has 10 heteroatoms. The van der Waals surface area contributed by atoms with Crippen molar-refractivity contribution < 1.29 is 24.1 Å². The molecule has 2 heterocycles. The monoisotopic (exact) mass is 558 g/mol. The first kappa shape index (κ1) is 24.7. The van der Waals surface area contributed by atoms with Crippen molar-refractivity contribution in [3.8, 4) is 17.2 Å². The lowest BCUT2D eigenvalue weighted by Gasteiger charge is -2.25. The molecule has 1 N–H and O–H groups in total. The van der Waals surface area contributed by atoms with Gasteiger partial charge in [0, 0.05) is 0 Å². The van der Waals surface area contributed by atoms with E-state index in [1.54, 1.807) is 56.3 Å². The van der Waals surface area contributed by atoms with Gasteiger partial charge in [0.2, 0.25) is 0 Å². The van der Waals surface area contributed by atoms with Crippen LogP contribution >= 0.6 is 27.3 Å². The van der Waals surface area contributed by atoms with Gasteiger partial charge in [0.25, 0.3) is 5.56 Å². The number of fused-ring (bicyclic) bond motifs is 1. The summed E-state index contributed by atoms with van der Waals surface area (Å²) in [5.41, 5.74) is 1.84. The number of ether oxygens (including phenoxy) is 3. The van der Waals surface area contributed by atoms with E-state index in [0.29, 0.717) is 36.6 Å². The Hall–Kier alpha value is -3.37. The number of carbonyl (C=O) groups is 1. The Labute approximate surface area is 213 Å². The van der Waals surface area contributed by atoms with Gasteiger partial charge >= 0.3 is 5.97 Å². The zero-order valence-electron chi connectivity index (χ0n) is 19.5. The second-order valence-electron chi connectivity index (χ2n) is 7.63. The smallest absolute Gasteiger partial charge is 0.338 e. The molecule has 0 radical (unpaired) electrons. The summed E-state index contributed by atoms with van der Waals surface area (Å²) < 4.78 is 18.6. The second kappa shape index (κ2) is 10.1. The van der Waals surface area contributed by atoms with E-state index < -0.39 is 12.0 Å². The number of phenolic OH excluding ortho intramolecular Hbond substituents is 1. The highest BCUT2D eigenvalue weighted by molar-refractivity contribution is 9.10. The molecular formula is C25H23BrN2O6S. The predicted octanol–water partition coefficient (Wildman–Crippen LogP) is 3.28. The minimum atomic E-state index is -0.765. The highest BCUT2D eigenvalue weighted by Gasteiger charge is 2.33. The average molecular weight is 559 g/mol. The van der Waals surface area contributed by atoms with E-state index in [9.17, 15) is 14.7 Å². The van der Waals surface area contributed by atoms with E-state index in [1.165, 1.54) is 30.1 Å². The van der Waals surface area contributed by atoms with Gasteiger partial charge in [-0.2, -0.15) is 0 Å². The standard InChI is InChI=1S/C25H23BrN2O6S/c1-5-34-24(31)21-13(2)27-25-28(22(21)15-7-9-18(32-3)19(12-15)33-4)23(30)20(35-25)11-14-6-8-17(29)16(26)10-14/h6-12,22,29H,5H2,1-4H3. The molecule has 1 aromatic heterocycles. The number of benzene rings is 2. The number of thiazole rings is 1. The van der Waals surface area contributed by atoms with Gasteiger partial charge in [-0.3, -0.25) is 9.36 Å². The van der Waals surface area contributed by atoms with Crippen molar-refractivity contribution in [3.05, 3.63) is 83.0 Å². The Morgan fingerprint density at radius 3 is 2.60 bits per heavy atom. The lowest BCUT2D eigenvalue weighted by Crippen LogP contribution is -2.39. The molecule has 182 valence electrons. The number of methoxy groups -OCH3 is 2. The number of allylic oxidation sites excluding steroid dienone is 1. The molecule has 1 atom stereocenters. The van der Waals surface area contributed by atoms with E-state index >= 15 is 0 Å². The Bertz CT molecular complexity index is 1520. The lowest BCUT2D eigenvalue weighted by molar-refractivity contribution is -0.139. The highest BCUT2D eigenvalue weighted by Crippen LogP contribution is 2.36. The number of aromatic nitrogens is 1. The number of hydrogen-bond acceptors (Lipinski definition) is 8. The van der Waals surface area contributed by atoms with Crippen LogP contribution in [0.15, 0.2) is 61.9 Å². The number of carbonyl (C=O) groups excluding carboxylic acids is 1. The third-order valence-corrected chi connectivity index (χ3v) is 7.13. The maximum absolute atomic E-state index is 13.7. The lowest BCUT2D eigenvalue weighted by atomic mass is 9.95. The van der Waals surface area contributed by atoms with Gasteiger partial charge in [-0.1, -0.05) is 23.5 Å². The van der Waals surface area contributed by atoms with E-state index in [0.717, 1.165) is 5.56 Å². The Morgan fingerprint density at radius 2 is 1.94 bits per heavy atom. The molecule has 35 heavy (non-hydrogen) atoms. The fourth-order valence-electron chi connectivity index (χ4n) is 3.89. The fourth-order valence-corrected chi connectivity index (χ4v) is 5.34. The molecular weight excluding hydrogens is 536 g/mol. The second-order valence-corrected chi connectivity index (χ2v) is 9.49. The summed E-state index contributed by atoms with van der Waals surface area (Å²) in [6, 6.07) is 9.47. The first-order valence-corrected chi connectivity index (χ1v) is 12.3. The maximum Gasteiger partial charge on any atom is 0.338 e. The van der Waals surface area contributed by atoms with Crippen molar-refractivity contribution in [2.24, 2.45) is 4.99 Å². The molecule has 1 aliphatic heterocycles. The van der Waals surface area contributed by atoms with E-state index in [2.05, 4.69) is 20.9 Å². The summed E-state index contributed by atoms with van der Waals surface area (Å²) in [5, 5.41) is 9.78. The molecule has 0 saturated carbocycles. The zero-order chi connectivity index (χ0) is 25.3. The Balaban J connectivity index is 1.97. The molecule has 0 spiro atoms. The maximum atomic E-state index is 13.7. The van der Waals surface area contributed by atoms with Crippen LogP contribution in [-0.2, 0) is 9.53 Å². The average Bonchev–Trinajstić information content (AvgIpc) is 3.14. The molecule has 0 amide bonds. The summed E-state index contributed by atoms with van der Waals surface area (Å²) in [4.78, 5) is 31.7. The van der Waals surface area contributed by atoms with E-state index in [4.69, 9.17) is 14.2 Å². The molecule has 0 saturated heterocycles. The van der Waals surface area contributed by atoms with Crippen molar-refractivity contribution >= 4 is 39.3 Å². The molecule has 4 rings (SSSR count). The van der Waals surface area contributed by atoms with Gasteiger partial charge in [-0.15, -0.1) is 0 Å². The summed E-state index contributed by atoms with van der Waals surface area (Å²) >= 11 is 4.52. The molecule has 1 aliphatic rings. The number of hydrogen-bond donors (Lipinski definition) is 1. The predicted molar refractivity (Wildman–Crippen MR) is 136 cm³/mol. The van der Waals surface area contributed by atoms with Crippen LogP contribution < -0.4 is 24.4 Å². The SMILES string of the molecule is CCOC(=O)C1=C(C)N=c2sc(=Cc3ccc(O)c(Br)c3)c(=O)n2C1c1ccc(OC)c(OC)c1. The highest BCUT2D eigenvalue weighted by atomic mass is 79.9. The van der Waals surface area contributed by atoms with Gasteiger partial charge in [0.05, 0.1) is 47.1 Å². The topological polar surface area (TPSA) is 99.4 Å². The number of halogens is 1. The van der Waals surface area contributed by atoms with Crippen LogP contribution in [0.5, 0.6) is 17.2 Å². The molecule has 8 nitrogen and oxygen atoms in total. The van der Waals surface area contributed by atoms with Crippen LogP contribution in [0.3, 0.4) is 0 Å². The third kappa shape index (κ3) is 4.63. The number of rotatable bonds is 6. The van der Waals surface area contributed by atoms with Crippen LogP contribution in [0.2, 0.25) is 0 Å². The number of esters is 1. The summed E-state index contributed by atoms with van der Waals surface area (Å²) in [5.74, 6) is 0.566. The van der Waals surface area contributed by atoms with E-state index in [1.807, 2.05) is 0 Å². The summed E-state index contributed by atoms with van der Waals surface area (Å²) in [6.07, 6.45) is 1.73. The molecule has 0 aliphatic carbocycles. The Kier molecular flexibility index (Phi) is 7.13. The fraction of sp³-hybridized carbons (Fsp3) is 0.240. The number of phenols is 1. The zero-order valence-corrected chi connectivity index (χ0v) is 21.9. The molecule has 2 aromatic carbocycles. The van der Waals surface area contributed by atoms with Gasteiger partial charge in [0.1, 0.15) is 5.75 Å². The minimum Gasteiger partial charge on any atom is -0.507 e. The van der Waals surface area contributed by atoms with Crippen LogP contribution in [0.25, 0.3) is 6.08 Å². The van der Waals surface area contributed by atoms with Gasteiger partial charge in [-0.25, -0.2) is 9.79 Å². The van der Waals surface area contributed by atoms with Crippen LogP contribution in [-0.4, -0.2) is 36.5 Å². The molecule has 3 aromatic rings. The summed E-state index contributed by atoms with van der Waals surface area (Å²) in [6.45, 7) is 3.65. The largest absolute Gasteiger partial charge is 0.507 e. The van der Waals surface area contributed by atoms with Crippen molar-refractivity contribution in [2.45, 2.75) is 19.9 Å². The molecule has 0 fully saturated rings. The van der Waals surface area contributed by atoms with Crippen molar-refractivity contribution in [3.63, 3.8) is 0 Å². The van der Waals surface area contributed by atoms with Crippen LogP contribution in [0, 0.1) is 0 Å².